The number of anilines is 1. The van der Waals surface area contributed by atoms with Crippen molar-refractivity contribution in [2.75, 3.05) is 18.0 Å². The number of benzene rings is 1. The maximum atomic E-state index is 13.8. The van der Waals surface area contributed by atoms with Crippen molar-refractivity contribution in [3.05, 3.63) is 54.2 Å². The molecule has 1 aliphatic heterocycles. The topological polar surface area (TPSA) is 81.9 Å². The van der Waals surface area contributed by atoms with Crippen molar-refractivity contribution < 1.29 is 9.18 Å². The first-order valence-electron chi connectivity index (χ1n) is 8.14. The van der Waals surface area contributed by atoms with Crippen LogP contribution in [0, 0.1) is 23.1 Å². The van der Waals surface area contributed by atoms with Crippen LogP contribution in [0.2, 0.25) is 0 Å². The number of carbonyl (C=O) groups is 1. The first-order valence-corrected chi connectivity index (χ1v) is 8.14. The number of nitriles is 1. The molecule has 1 aromatic heterocycles. The third-order valence-electron chi connectivity index (χ3n) is 4.37. The lowest BCUT2D eigenvalue weighted by Crippen LogP contribution is -2.41. The molecule has 1 aromatic carbocycles. The maximum Gasteiger partial charge on any atom is 0.224 e. The van der Waals surface area contributed by atoms with E-state index in [1.165, 1.54) is 12.1 Å². The van der Waals surface area contributed by atoms with E-state index in [1.54, 1.807) is 30.7 Å². The summed E-state index contributed by atoms with van der Waals surface area (Å²) in [5, 5.41) is 11.9. The zero-order valence-corrected chi connectivity index (χ0v) is 13.6. The van der Waals surface area contributed by atoms with Crippen molar-refractivity contribution in [2.45, 2.75) is 18.9 Å². The van der Waals surface area contributed by atoms with Crippen molar-refractivity contribution in [1.29, 1.82) is 5.26 Å². The summed E-state index contributed by atoms with van der Waals surface area (Å²) in [6.07, 6.45) is 6.26. The molecule has 128 valence electrons. The van der Waals surface area contributed by atoms with Gasteiger partial charge in [-0.1, -0.05) is 18.2 Å². The molecule has 0 spiro atoms. The molecular formula is C18H18FN5O. The molecule has 2 aromatic rings. The number of piperidine rings is 1. The van der Waals surface area contributed by atoms with Crippen molar-refractivity contribution in [2.24, 2.45) is 5.92 Å². The second-order valence-electron chi connectivity index (χ2n) is 5.92. The van der Waals surface area contributed by atoms with Gasteiger partial charge < -0.3 is 10.2 Å². The number of nitrogens with one attached hydrogen (secondary N) is 1. The summed E-state index contributed by atoms with van der Waals surface area (Å²) >= 11 is 0. The normalized spacial score (nSPS) is 16.1. The average molecular weight is 339 g/mol. The van der Waals surface area contributed by atoms with E-state index >= 15 is 0 Å². The Labute approximate surface area is 145 Å². The second-order valence-corrected chi connectivity index (χ2v) is 5.92. The number of carbonyl (C=O) groups excluding carboxylic acids is 1. The van der Waals surface area contributed by atoms with Gasteiger partial charge in [-0.05, 0) is 18.9 Å². The minimum absolute atomic E-state index is 0.190. The van der Waals surface area contributed by atoms with Gasteiger partial charge in [-0.3, -0.25) is 9.78 Å². The van der Waals surface area contributed by atoms with E-state index in [0.717, 1.165) is 5.82 Å². The molecule has 0 aliphatic carbocycles. The van der Waals surface area contributed by atoms with Crippen LogP contribution in [-0.2, 0) is 4.79 Å². The number of aromatic nitrogens is 2. The summed E-state index contributed by atoms with van der Waals surface area (Å²) in [6.45, 7) is 1.38. The van der Waals surface area contributed by atoms with Crippen LogP contribution in [0.4, 0.5) is 10.2 Å². The zero-order valence-electron chi connectivity index (χ0n) is 13.6. The van der Waals surface area contributed by atoms with E-state index in [1.807, 2.05) is 6.07 Å². The van der Waals surface area contributed by atoms with Gasteiger partial charge in [0.15, 0.2) is 0 Å². The molecule has 2 heterocycles. The molecule has 0 bridgehead atoms. The monoisotopic (exact) mass is 339 g/mol. The lowest BCUT2D eigenvalue weighted by Gasteiger charge is -2.32. The molecule has 0 radical (unpaired) electrons. The Kier molecular flexibility index (Phi) is 5.19. The maximum absolute atomic E-state index is 13.8. The average Bonchev–Trinajstić information content (AvgIpc) is 2.67. The third-order valence-corrected chi connectivity index (χ3v) is 4.37. The molecular weight excluding hydrogens is 321 g/mol. The molecule has 1 aliphatic rings. The molecule has 1 saturated heterocycles. The van der Waals surface area contributed by atoms with Gasteiger partial charge in [0.1, 0.15) is 17.7 Å². The summed E-state index contributed by atoms with van der Waals surface area (Å²) in [5.74, 6) is -0.112. The van der Waals surface area contributed by atoms with Crippen LogP contribution in [0.3, 0.4) is 0 Å². The van der Waals surface area contributed by atoms with E-state index in [2.05, 4.69) is 20.2 Å². The van der Waals surface area contributed by atoms with Gasteiger partial charge in [-0.2, -0.15) is 5.26 Å². The Morgan fingerprint density at radius 3 is 2.72 bits per heavy atom. The molecule has 1 fully saturated rings. The molecule has 1 N–H and O–H groups in total. The zero-order chi connectivity index (χ0) is 17.6. The lowest BCUT2D eigenvalue weighted by molar-refractivity contribution is -0.126. The van der Waals surface area contributed by atoms with Crippen LogP contribution in [0.5, 0.6) is 0 Å². The van der Waals surface area contributed by atoms with Crippen molar-refractivity contribution in [1.82, 2.24) is 15.3 Å². The van der Waals surface area contributed by atoms with Gasteiger partial charge in [0.05, 0.1) is 12.3 Å². The van der Waals surface area contributed by atoms with Gasteiger partial charge in [0.2, 0.25) is 5.91 Å². The first-order chi connectivity index (χ1) is 12.2. The first kappa shape index (κ1) is 16.8. The number of hydrogen-bond acceptors (Lipinski definition) is 5. The summed E-state index contributed by atoms with van der Waals surface area (Å²) in [5.41, 5.74) is 0.190. The highest BCUT2D eigenvalue weighted by molar-refractivity contribution is 5.79. The third kappa shape index (κ3) is 3.91. The minimum Gasteiger partial charge on any atom is -0.355 e. The molecule has 6 nitrogen and oxygen atoms in total. The van der Waals surface area contributed by atoms with E-state index in [0.29, 0.717) is 25.9 Å². The van der Waals surface area contributed by atoms with Crippen LogP contribution < -0.4 is 10.2 Å². The number of nitrogens with zero attached hydrogens (tertiary/aromatic N) is 4. The van der Waals surface area contributed by atoms with E-state index in [-0.39, 0.29) is 17.4 Å². The quantitative estimate of drug-likeness (QED) is 0.923. The fourth-order valence-electron chi connectivity index (χ4n) is 2.97. The molecule has 25 heavy (non-hydrogen) atoms. The van der Waals surface area contributed by atoms with E-state index in [4.69, 9.17) is 0 Å². The number of hydrogen-bond donors (Lipinski definition) is 1. The Bertz CT molecular complexity index is 769. The van der Waals surface area contributed by atoms with Gasteiger partial charge in [0, 0.05) is 37.0 Å². The predicted molar refractivity (Wildman–Crippen MR) is 89.9 cm³/mol. The lowest BCUT2D eigenvalue weighted by atomic mass is 9.95. The van der Waals surface area contributed by atoms with E-state index in [9.17, 15) is 14.4 Å². The summed E-state index contributed by atoms with van der Waals surface area (Å²) in [6, 6.07) is 6.98. The number of rotatable bonds is 4. The van der Waals surface area contributed by atoms with Gasteiger partial charge in [-0.15, -0.1) is 0 Å². The molecule has 0 unspecified atom stereocenters. The fourth-order valence-corrected chi connectivity index (χ4v) is 2.97. The van der Waals surface area contributed by atoms with Crippen molar-refractivity contribution in [3.63, 3.8) is 0 Å². The van der Waals surface area contributed by atoms with Crippen LogP contribution in [-0.4, -0.2) is 29.0 Å². The minimum atomic E-state index is -0.980. The highest BCUT2D eigenvalue weighted by atomic mass is 19.1. The largest absolute Gasteiger partial charge is 0.355 e. The number of halogens is 1. The van der Waals surface area contributed by atoms with Gasteiger partial charge in [-0.25, -0.2) is 9.37 Å². The highest BCUT2D eigenvalue weighted by Crippen LogP contribution is 2.23. The van der Waals surface area contributed by atoms with Gasteiger partial charge >= 0.3 is 0 Å². The summed E-state index contributed by atoms with van der Waals surface area (Å²) < 4.78 is 13.8. The SMILES string of the molecule is N#C[C@@H](NC(=O)C1CCN(c2cnccn2)CC1)c1ccccc1F. The molecule has 1 atom stereocenters. The molecule has 3 rings (SSSR count). The smallest absolute Gasteiger partial charge is 0.224 e. The van der Waals surface area contributed by atoms with Crippen molar-refractivity contribution >= 4 is 11.7 Å². The Morgan fingerprint density at radius 1 is 1.32 bits per heavy atom. The summed E-state index contributed by atoms with van der Waals surface area (Å²) in [7, 11) is 0. The fraction of sp³-hybridized carbons (Fsp3) is 0.333. The standard InChI is InChI=1S/C18H18FN5O/c19-15-4-2-1-3-14(15)16(11-20)23-18(25)13-5-9-24(10-6-13)17-12-21-7-8-22-17/h1-4,7-8,12-13,16H,5-6,9-10H2,(H,23,25)/t16-/m1/s1. The van der Waals surface area contributed by atoms with Crippen LogP contribution in [0.25, 0.3) is 0 Å². The van der Waals surface area contributed by atoms with Crippen LogP contribution in [0.15, 0.2) is 42.9 Å². The van der Waals surface area contributed by atoms with Crippen LogP contribution >= 0.6 is 0 Å². The van der Waals surface area contributed by atoms with E-state index < -0.39 is 11.9 Å². The molecule has 1 amide bonds. The second kappa shape index (κ2) is 7.71. The highest BCUT2D eigenvalue weighted by Gasteiger charge is 2.28. The molecule has 7 heteroatoms. The van der Waals surface area contributed by atoms with Crippen LogP contribution in [0.1, 0.15) is 24.4 Å². The van der Waals surface area contributed by atoms with Gasteiger partial charge in [0.25, 0.3) is 0 Å². The number of amides is 1. The van der Waals surface area contributed by atoms with Crippen molar-refractivity contribution in [3.8, 4) is 6.07 Å². The molecule has 0 saturated carbocycles. The predicted octanol–water partition coefficient (Wildman–Crippen LogP) is 2.21. The Hall–Kier alpha value is -3.01. The summed E-state index contributed by atoms with van der Waals surface area (Å²) in [4.78, 5) is 22.9. The Balaban J connectivity index is 1.59. The Morgan fingerprint density at radius 2 is 2.08 bits per heavy atom.